The van der Waals surface area contributed by atoms with E-state index in [1.54, 1.807) is 7.11 Å². The van der Waals surface area contributed by atoms with Crippen LogP contribution in [0.5, 0.6) is 11.5 Å². The molecule has 0 unspecified atom stereocenters. The molecule has 1 aromatic rings. The molecule has 90 valence electrons. The highest BCUT2D eigenvalue weighted by Gasteiger charge is 2.20. The molecule has 16 heavy (non-hydrogen) atoms. The maximum absolute atomic E-state index is 5.57. The Hall–Kier alpha value is -0.700. The summed E-state index contributed by atoms with van der Waals surface area (Å²) in [6.07, 6.45) is 0. The molecule has 0 aromatic heterocycles. The van der Waals surface area contributed by atoms with Crippen LogP contribution in [-0.2, 0) is 5.41 Å². The molecule has 0 aliphatic heterocycles. The van der Waals surface area contributed by atoms with Crippen molar-refractivity contribution in [2.75, 3.05) is 19.0 Å². The predicted molar refractivity (Wildman–Crippen MR) is 71.0 cm³/mol. The monoisotopic (exact) mass is 286 g/mol. The molecule has 0 bridgehead atoms. The molecule has 0 saturated carbocycles. The van der Waals surface area contributed by atoms with Gasteiger partial charge in [-0.2, -0.15) is 0 Å². The van der Waals surface area contributed by atoms with Gasteiger partial charge in [-0.3, -0.25) is 0 Å². The molecule has 0 aliphatic rings. The van der Waals surface area contributed by atoms with Crippen molar-refractivity contribution in [1.29, 1.82) is 0 Å². The lowest BCUT2D eigenvalue weighted by molar-refractivity contribution is 0.310. The Morgan fingerprint density at radius 2 is 1.94 bits per heavy atom. The van der Waals surface area contributed by atoms with Gasteiger partial charge in [0.2, 0.25) is 0 Å². The van der Waals surface area contributed by atoms with Gasteiger partial charge < -0.3 is 9.47 Å². The molecule has 0 saturated heterocycles. The fraction of sp³-hybridized carbons (Fsp3) is 0.538. The van der Waals surface area contributed by atoms with Gasteiger partial charge >= 0.3 is 0 Å². The molecule has 0 amide bonds. The number of rotatable bonds is 5. The van der Waals surface area contributed by atoms with E-state index in [1.165, 1.54) is 5.56 Å². The number of methoxy groups -OCH3 is 1. The Morgan fingerprint density at radius 1 is 1.25 bits per heavy atom. The van der Waals surface area contributed by atoms with Gasteiger partial charge in [0.15, 0.2) is 11.5 Å². The van der Waals surface area contributed by atoms with Crippen LogP contribution in [0, 0.1) is 0 Å². The minimum atomic E-state index is 0.0954. The van der Waals surface area contributed by atoms with E-state index in [2.05, 4.69) is 41.9 Å². The first-order valence-corrected chi connectivity index (χ1v) is 6.54. The Morgan fingerprint density at radius 3 is 2.44 bits per heavy atom. The lowest BCUT2D eigenvalue weighted by Crippen LogP contribution is -2.18. The van der Waals surface area contributed by atoms with Crippen LogP contribution in [0.4, 0.5) is 0 Å². The van der Waals surface area contributed by atoms with Crippen LogP contribution in [0.25, 0.3) is 0 Å². The summed E-state index contributed by atoms with van der Waals surface area (Å²) in [7, 11) is 1.66. The highest BCUT2D eigenvalue weighted by molar-refractivity contribution is 9.09. The van der Waals surface area contributed by atoms with Crippen LogP contribution in [0.1, 0.15) is 26.3 Å². The van der Waals surface area contributed by atoms with Crippen LogP contribution in [0.2, 0.25) is 0 Å². The first kappa shape index (κ1) is 13.4. The lowest BCUT2D eigenvalue weighted by atomic mass is 9.87. The number of hydrogen-bond acceptors (Lipinski definition) is 2. The predicted octanol–water partition coefficient (Wildman–Crippen LogP) is 3.77. The number of benzene rings is 1. The van der Waals surface area contributed by atoms with Crippen molar-refractivity contribution >= 4 is 15.9 Å². The first-order chi connectivity index (χ1) is 7.55. The molecule has 0 fully saturated rings. The summed E-state index contributed by atoms with van der Waals surface area (Å²) >= 11 is 3.53. The van der Waals surface area contributed by atoms with E-state index >= 15 is 0 Å². The Kier molecular flexibility index (Phi) is 4.66. The normalized spacial score (nSPS) is 11.3. The van der Waals surface area contributed by atoms with Crippen molar-refractivity contribution in [3.8, 4) is 11.5 Å². The van der Waals surface area contributed by atoms with E-state index < -0.39 is 0 Å². The fourth-order valence-electron chi connectivity index (χ4n) is 1.44. The molecule has 2 nitrogen and oxygen atoms in total. The molecule has 1 rings (SSSR count). The van der Waals surface area contributed by atoms with Crippen LogP contribution in [0.3, 0.4) is 0 Å². The molecule has 0 radical (unpaired) electrons. The van der Waals surface area contributed by atoms with Gasteiger partial charge in [-0.15, -0.1) is 0 Å². The lowest BCUT2D eigenvalue weighted by Gasteiger charge is -2.23. The Labute approximate surface area is 106 Å². The quantitative estimate of drug-likeness (QED) is 0.768. The van der Waals surface area contributed by atoms with E-state index in [0.717, 1.165) is 16.8 Å². The number of alkyl halides is 1. The molecule has 0 spiro atoms. The van der Waals surface area contributed by atoms with Gasteiger partial charge in [-0.25, -0.2) is 0 Å². The van der Waals surface area contributed by atoms with Crippen LogP contribution >= 0.6 is 15.9 Å². The van der Waals surface area contributed by atoms with Crippen molar-refractivity contribution in [1.82, 2.24) is 0 Å². The van der Waals surface area contributed by atoms with Crippen molar-refractivity contribution in [2.45, 2.75) is 26.2 Å². The second-order valence-corrected chi connectivity index (χ2v) is 4.88. The van der Waals surface area contributed by atoms with Crippen LogP contribution < -0.4 is 9.47 Å². The van der Waals surface area contributed by atoms with Gasteiger partial charge in [0, 0.05) is 5.33 Å². The average Bonchev–Trinajstić information content (AvgIpc) is 2.29. The zero-order valence-electron chi connectivity index (χ0n) is 10.3. The smallest absolute Gasteiger partial charge is 0.161 e. The first-order valence-electron chi connectivity index (χ1n) is 5.42. The van der Waals surface area contributed by atoms with E-state index in [4.69, 9.17) is 9.47 Å². The summed E-state index contributed by atoms with van der Waals surface area (Å²) < 4.78 is 10.8. The number of ether oxygens (including phenoxy) is 2. The summed E-state index contributed by atoms with van der Waals surface area (Å²) in [5.74, 6) is 1.60. The zero-order chi connectivity index (χ0) is 12.2. The van der Waals surface area contributed by atoms with Gasteiger partial charge in [0.25, 0.3) is 0 Å². The summed E-state index contributed by atoms with van der Waals surface area (Å²) in [5, 5.41) is 0.915. The summed E-state index contributed by atoms with van der Waals surface area (Å²) in [5.41, 5.74) is 1.34. The highest BCUT2D eigenvalue weighted by atomic mass is 79.9. The van der Waals surface area contributed by atoms with Crippen molar-refractivity contribution in [3.05, 3.63) is 23.8 Å². The Balaban J connectivity index is 3.11. The van der Waals surface area contributed by atoms with Crippen molar-refractivity contribution in [3.63, 3.8) is 0 Å². The van der Waals surface area contributed by atoms with Gasteiger partial charge in [-0.05, 0) is 30.0 Å². The molecular weight excluding hydrogens is 268 g/mol. The van der Waals surface area contributed by atoms with Gasteiger partial charge in [-0.1, -0.05) is 35.8 Å². The van der Waals surface area contributed by atoms with Crippen molar-refractivity contribution < 1.29 is 9.47 Å². The third-order valence-electron chi connectivity index (χ3n) is 2.58. The Bertz CT molecular complexity index is 348. The third kappa shape index (κ3) is 2.91. The molecule has 0 N–H and O–H groups in total. The topological polar surface area (TPSA) is 18.5 Å². The average molecular weight is 287 g/mol. The minimum absolute atomic E-state index is 0.0954. The minimum Gasteiger partial charge on any atom is -0.493 e. The van der Waals surface area contributed by atoms with E-state index in [9.17, 15) is 0 Å². The van der Waals surface area contributed by atoms with Gasteiger partial charge in [0.05, 0.1) is 13.7 Å². The molecule has 1 aromatic carbocycles. The molecule has 0 heterocycles. The summed E-state index contributed by atoms with van der Waals surface area (Å²) in [6.45, 7) is 7.01. The molecule has 3 heteroatoms. The van der Waals surface area contributed by atoms with Crippen molar-refractivity contribution in [2.24, 2.45) is 0 Å². The molecule has 0 aliphatic carbocycles. The molecule has 0 atom stereocenters. The number of halogens is 1. The third-order valence-corrected chi connectivity index (χ3v) is 3.98. The second kappa shape index (κ2) is 5.58. The maximum atomic E-state index is 5.57. The van der Waals surface area contributed by atoms with Crippen LogP contribution in [0.15, 0.2) is 18.2 Å². The highest BCUT2D eigenvalue weighted by Crippen LogP contribution is 2.34. The second-order valence-electron chi connectivity index (χ2n) is 4.32. The number of hydrogen-bond donors (Lipinski definition) is 0. The summed E-state index contributed by atoms with van der Waals surface area (Å²) in [6, 6.07) is 6.11. The summed E-state index contributed by atoms with van der Waals surface area (Å²) in [4.78, 5) is 0. The maximum Gasteiger partial charge on any atom is 0.161 e. The molecular formula is C13H19BrO2. The van der Waals surface area contributed by atoms with E-state index in [1.807, 2.05) is 13.0 Å². The van der Waals surface area contributed by atoms with Gasteiger partial charge in [0.1, 0.15) is 0 Å². The fourth-order valence-corrected chi connectivity index (χ4v) is 1.77. The van der Waals surface area contributed by atoms with E-state index in [-0.39, 0.29) is 5.41 Å². The SMILES string of the molecule is CCOc1cc(C(C)(C)CBr)ccc1OC. The zero-order valence-corrected chi connectivity index (χ0v) is 11.9. The largest absolute Gasteiger partial charge is 0.493 e. The standard InChI is InChI=1S/C13H19BrO2/c1-5-16-12-8-10(13(2,3)9-14)6-7-11(12)15-4/h6-8H,5,9H2,1-4H3. The van der Waals surface area contributed by atoms with E-state index in [0.29, 0.717) is 6.61 Å². The van der Waals surface area contributed by atoms with Crippen LogP contribution in [-0.4, -0.2) is 19.0 Å².